The summed E-state index contributed by atoms with van der Waals surface area (Å²) in [7, 11) is 0. The summed E-state index contributed by atoms with van der Waals surface area (Å²) < 4.78 is 28.4. The Morgan fingerprint density at radius 2 is 2.07 bits per heavy atom. The van der Waals surface area contributed by atoms with Gasteiger partial charge < -0.3 is 4.74 Å². The number of hydrogen-bond donors (Lipinski definition) is 0. The van der Waals surface area contributed by atoms with Gasteiger partial charge in [-0.3, -0.25) is 0 Å². The summed E-state index contributed by atoms with van der Waals surface area (Å²) in [6.07, 6.45) is 0. The van der Waals surface area contributed by atoms with Gasteiger partial charge in [-0.25, -0.2) is 0 Å². The van der Waals surface area contributed by atoms with E-state index in [4.69, 9.17) is 0 Å². The highest BCUT2D eigenvalue weighted by molar-refractivity contribution is 9.09. The van der Waals surface area contributed by atoms with Crippen LogP contribution >= 0.6 is 15.9 Å². The molecule has 0 spiro atoms. The van der Waals surface area contributed by atoms with Crippen LogP contribution < -0.4 is 4.74 Å². The SMILES string of the molecule is C=C(CBr)c1ccccc1OC(F)F. The van der Waals surface area contributed by atoms with E-state index in [0.29, 0.717) is 16.5 Å². The molecule has 1 aromatic carbocycles. The van der Waals surface area contributed by atoms with Gasteiger partial charge in [0.1, 0.15) is 5.75 Å². The smallest absolute Gasteiger partial charge is 0.387 e. The minimum absolute atomic E-state index is 0.159. The van der Waals surface area contributed by atoms with Crippen LogP contribution in [-0.2, 0) is 0 Å². The fourth-order valence-electron chi connectivity index (χ4n) is 1.03. The van der Waals surface area contributed by atoms with Crippen molar-refractivity contribution >= 4 is 21.5 Å². The van der Waals surface area contributed by atoms with Crippen molar-refractivity contribution in [3.63, 3.8) is 0 Å². The van der Waals surface area contributed by atoms with E-state index in [1.807, 2.05) is 0 Å². The fraction of sp³-hybridized carbons (Fsp3) is 0.200. The highest BCUT2D eigenvalue weighted by Crippen LogP contribution is 2.27. The van der Waals surface area contributed by atoms with Crippen LogP contribution in [0.5, 0.6) is 5.75 Å². The van der Waals surface area contributed by atoms with Crippen molar-refractivity contribution in [3.05, 3.63) is 36.4 Å². The van der Waals surface area contributed by atoms with Gasteiger partial charge in [-0.1, -0.05) is 40.7 Å². The molecule has 0 amide bonds. The molecule has 0 aromatic heterocycles. The number of allylic oxidation sites excluding steroid dienone is 1. The molecular weight excluding hydrogens is 254 g/mol. The molecule has 0 saturated heterocycles. The molecule has 4 heteroatoms. The van der Waals surface area contributed by atoms with Crippen LogP contribution in [0, 0.1) is 0 Å². The molecule has 0 aliphatic heterocycles. The Labute approximate surface area is 89.5 Å². The van der Waals surface area contributed by atoms with E-state index < -0.39 is 6.61 Å². The third kappa shape index (κ3) is 2.80. The molecule has 1 aromatic rings. The molecule has 14 heavy (non-hydrogen) atoms. The fourth-order valence-corrected chi connectivity index (χ4v) is 1.33. The normalized spacial score (nSPS) is 10.3. The molecule has 0 aliphatic rings. The Morgan fingerprint density at radius 1 is 1.43 bits per heavy atom. The predicted octanol–water partition coefficient (Wildman–Crippen LogP) is 3.70. The Hall–Kier alpha value is -0.900. The molecular formula is C10H9BrF2O. The molecule has 0 radical (unpaired) electrons. The van der Waals surface area contributed by atoms with Gasteiger partial charge in [0, 0.05) is 10.9 Å². The summed E-state index contributed by atoms with van der Waals surface area (Å²) >= 11 is 3.21. The van der Waals surface area contributed by atoms with Gasteiger partial charge in [0.15, 0.2) is 0 Å². The number of para-hydroxylation sites is 1. The maximum Gasteiger partial charge on any atom is 0.387 e. The number of ether oxygens (including phenoxy) is 1. The van der Waals surface area contributed by atoms with Gasteiger partial charge >= 0.3 is 6.61 Å². The van der Waals surface area contributed by atoms with Crippen LogP contribution in [0.4, 0.5) is 8.78 Å². The van der Waals surface area contributed by atoms with E-state index in [0.717, 1.165) is 0 Å². The average molecular weight is 263 g/mol. The molecule has 0 aliphatic carbocycles. The van der Waals surface area contributed by atoms with E-state index in [-0.39, 0.29) is 5.75 Å². The zero-order valence-corrected chi connectivity index (χ0v) is 8.93. The molecule has 1 nitrogen and oxygen atoms in total. The van der Waals surface area contributed by atoms with Gasteiger partial charge in [-0.2, -0.15) is 8.78 Å². The number of hydrogen-bond acceptors (Lipinski definition) is 1. The lowest BCUT2D eigenvalue weighted by molar-refractivity contribution is -0.0500. The van der Waals surface area contributed by atoms with Gasteiger partial charge in [-0.05, 0) is 11.6 Å². The first-order valence-corrected chi connectivity index (χ1v) is 5.05. The largest absolute Gasteiger partial charge is 0.434 e. The number of rotatable bonds is 4. The number of alkyl halides is 3. The van der Waals surface area contributed by atoms with Gasteiger partial charge in [0.25, 0.3) is 0 Å². The number of benzene rings is 1. The zero-order chi connectivity index (χ0) is 10.6. The Morgan fingerprint density at radius 3 is 2.64 bits per heavy atom. The highest BCUT2D eigenvalue weighted by atomic mass is 79.9. The summed E-state index contributed by atoms with van der Waals surface area (Å²) in [5, 5.41) is 0.524. The third-order valence-corrected chi connectivity index (χ3v) is 2.32. The molecule has 0 heterocycles. The molecule has 1 rings (SSSR count). The first kappa shape index (κ1) is 11.2. The van der Waals surface area contributed by atoms with E-state index in [9.17, 15) is 8.78 Å². The van der Waals surface area contributed by atoms with Gasteiger partial charge in [0.2, 0.25) is 0 Å². The van der Waals surface area contributed by atoms with Crippen molar-refractivity contribution in [2.45, 2.75) is 6.61 Å². The van der Waals surface area contributed by atoms with Crippen LogP contribution in [0.1, 0.15) is 5.56 Å². The van der Waals surface area contributed by atoms with Crippen molar-refractivity contribution in [2.24, 2.45) is 0 Å². The van der Waals surface area contributed by atoms with Crippen molar-refractivity contribution in [2.75, 3.05) is 5.33 Å². The summed E-state index contributed by atoms with van der Waals surface area (Å²) in [6, 6.07) is 6.58. The zero-order valence-electron chi connectivity index (χ0n) is 7.34. The van der Waals surface area contributed by atoms with E-state index in [1.54, 1.807) is 18.2 Å². The minimum Gasteiger partial charge on any atom is -0.434 e. The Bertz CT molecular complexity index is 326. The Kier molecular flexibility index (Phi) is 4.07. The lowest BCUT2D eigenvalue weighted by atomic mass is 10.1. The molecule has 0 fully saturated rings. The second kappa shape index (κ2) is 5.10. The van der Waals surface area contributed by atoms with Crippen molar-refractivity contribution in [1.82, 2.24) is 0 Å². The average Bonchev–Trinajstić information content (AvgIpc) is 2.16. The molecule has 0 unspecified atom stereocenters. The van der Waals surface area contributed by atoms with Crippen molar-refractivity contribution in [1.29, 1.82) is 0 Å². The van der Waals surface area contributed by atoms with Crippen LogP contribution in [0.15, 0.2) is 30.8 Å². The molecule has 76 valence electrons. The molecule has 0 N–H and O–H groups in total. The Balaban J connectivity index is 2.97. The topological polar surface area (TPSA) is 9.23 Å². The predicted molar refractivity (Wildman–Crippen MR) is 55.9 cm³/mol. The molecule has 0 bridgehead atoms. The van der Waals surface area contributed by atoms with Gasteiger partial charge in [-0.15, -0.1) is 0 Å². The molecule has 0 atom stereocenters. The van der Waals surface area contributed by atoms with Crippen LogP contribution in [0.25, 0.3) is 5.57 Å². The lowest BCUT2D eigenvalue weighted by Gasteiger charge is -2.10. The van der Waals surface area contributed by atoms with Crippen molar-refractivity contribution < 1.29 is 13.5 Å². The van der Waals surface area contributed by atoms with E-state index in [2.05, 4.69) is 27.2 Å². The molecule has 0 saturated carbocycles. The van der Waals surface area contributed by atoms with E-state index >= 15 is 0 Å². The van der Waals surface area contributed by atoms with E-state index in [1.165, 1.54) is 6.07 Å². The quantitative estimate of drug-likeness (QED) is 0.752. The first-order valence-electron chi connectivity index (χ1n) is 3.93. The highest BCUT2D eigenvalue weighted by Gasteiger charge is 2.10. The second-order valence-corrected chi connectivity index (χ2v) is 3.17. The minimum atomic E-state index is -2.81. The van der Waals surface area contributed by atoms with Crippen LogP contribution in [0.2, 0.25) is 0 Å². The van der Waals surface area contributed by atoms with Gasteiger partial charge in [0.05, 0.1) is 0 Å². The number of halogens is 3. The lowest BCUT2D eigenvalue weighted by Crippen LogP contribution is -2.04. The maximum atomic E-state index is 12.0. The summed E-state index contributed by atoms with van der Waals surface area (Å²) in [5.41, 5.74) is 1.31. The summed E-state index contributed by atoms with van der Waals surface area (Å²) in [5.74, 6) is 0.159. The summed E-state index contributed by atoms with van der Waals surface area (Å²) in [6.45, 7) is 0.933. The van der Waals surface area contributed by atoms with Crippen molar-refractivity contribution in [3.8, 4) is 5.75 Å². The monoisotopic (exact) mass is 262 g/mol. The standard InChI is InChI=1S/C10H9BrF2O/c1-7(6-11)8-4-2-3-5-9(8)14-10(12)13/h2-5,10H,1,6H2. The second-order valence-electron chi connectivity index (χ2n) is 2.61. The van der Waals surface area contributed by atoms with Crippen LogP contribution in [-0.4, -0.2) is 11.9 Å². The first-order chi connectivity index (χ1) is 6.65. The maximum absolute atomic E-state index is 12.0. The summed E-state index contributed by atoms with van der Waals surface area (Å²) in [4.78, 5) is 0. The third-order valence-electron chi connectivity index (χ3n) is 1.65. The van der Waals surface area contributed by atoms with Crippen LogP contribution in [0.3, 0.4) is 0 Å².